The van der Waals surface area contributed by atoms with Gasteiger partial charge in [-0.2, -0.15) is 4.39 Å². The van der Waals surface area contributed by atoms with Gasteiger partial charge in [-0.05, 0) is 25.3 Å². The Morgan fingerprint density at radius 1 is 1.23 bits per heavy atom. The van der Waals surface area contributed by atoms with Crippen molar-refractivity contribution in [3.05, 3.63) is 24.3 Å². The average molecular weight is 180 g/mol. The molecule has 0 aliphatic carbocycles. The molecule has 13 heavy (non-hydrogen) atoms. The van der Waals surface area contributed by atoms with E-state index >= 15 is 0 Å². The number of hydrogen-bond acceptors (Lipinski definition) is 2. The van der Waals surface area contributed by atoms with E-state index in [9.17, 15) is 4.39 Å². The van der Waals surface area contributed by atoms with Crippen LogP contribution in [-0.2, 0) is 0 Å². The van der Waals surface area contributed by atoms with Gasteiger partial charge in [-0.3, -0.25) is 0 Å². The number of halogens is 1. The van der Waals surface area contributed by atoms with Gasteiger partial charge in [0.1, 0.15) is 0 Å². The zero-order valence-corrected chi connectivity index (χ0v) is 7.54. The van der Waals surface area contributed by atoms with Crippen LogP contribution in [0, 0.1) is 5.95 Å². The Kier molecular flexibility index (Phi) is 2.43. The van der Waals surface area contributed by atoms with Crippen molar-refractivity contribution in [1.29, 1.82) is 0 Å². The summed E-state index contributed by atoms with van der Waals surface area (Å²) in [6.07, 6.45) is 5.25. The van der Waals surface area contributed by atoms with Crippen molar-refractivity contribution in [2.75, 3.05) is 18.0 Å². The van der Waals surface area contributed by atoms with E-state index in [0.717, 1.165) is 18.8 Å². The molecule has 2 heterocycles. The number of piperidine rings is 1. The summed E-state index contributed by atoms with van der Waals surface area (Å²) in [5.41, 5.74) is 0.965. The van der Waals surface area contributed by atoms with Gasteiger partial charge >= 0.3 is 0 Å². The Morgan fingerprint density at radius 3 is 2.69 bits per heavy atom. The first-order valence-corrected chi connectivity index (χ1v) is 4.73. The van der Waals surface area contributed by atoms with Gasteiger partial charge in [0.15, 0.2) is 0 Å². The van der Waals surface area contributed by atoms with Gasteiger partial charge in [0.05, 0.1) is 0 Å². The SMILES string of the molecule is Fc1cc(N2CCCCC2)ccn1. The third kappa shape index (κ3) is 1.97. The summed E-state index contributed by atoms with van der Waals surface area (Å²) in [7, 11) is 0. The summed E-state index contributed by atoms with van der Waals surface area (Å²) >= 11 is 0. The van der Waals surface area contributed by atoms with E-state index in [2.05, 4.69) is 9.88 Å². The molecule has 3 heteroatoms. The van der Waals surface area contributed by atoms with E-state index in [1.807, 2.05) is 6.07 Å². The summed E-state index contributed by atoms with van der Waals surface area (Å²) in [5.74, 6) is -0.386. The van der Waals surface area contributed by atoms with Crippen LogP contribution in [0.4, 0.5) is 10.1 Å². The smallest absolute Gasteiger partial charge is 0.214 e. The van der Waals surface area contributed by atoms with E-state index in [1.165, 1.54) is 31.5 Å². The predicted octanol–water partition coefficient (Wildman–Crippen LogP) is 2.21. The fraction of sp³-hybridized carbons (Fsp3) is 0.500. The van der Waals surface area contributed by atoms with E-state index in [1.54, 1.807) is 0 Å². The van der Waals surface area contributed by atoms with Crippen LogP contribution in [-0.4, -0.2) is 18.1 Å². The monoisotopic (exact) mass is 180 g/mol. The van der Waals surface area contributed by atoms with Crippen molar-refractivity contribution >= 4 is 5.69 Å². The van der Waals surface area contributed by atoms with Gasteiger partial charge in [0.25, 0.3) is 0 Å². The lowest BCUT2D eigenvalue weighted by atomic mass is 10.1. The molecule has 0 aromatic carbocycles. The van der Waals surface area contributed by atoms with Gasteiger partial charge in [0, 0.05) is 31.0 Å². The molecule has 0 bridgehead atoms. The van der Waals surface area contributed by atoms with Crippen LogP contribution in [0.15, 0.2) is 18.3 Å². The second-order valence-electron chi connectivity index (χ2n) is 3.38. The Morgan fingerprint density at radius 2 is 2.00 bits per heavy atom. The fourth-order valence-electron chi connectivity index (χ4n) is 1.74. The standard InChI is InChI=1S/C10H13FN2/c11-10-8-9(4-5-12-10)13-6-2-1-3-7-13/h4-5,8H,1-3,6-7H2. The third-order valence-corrected chi connectivity index (χ3v) is 2.43. The van der Waals surface area contributed by atoms with Crippen molar-refractivity contribution in [2.45, 2.75) is 19.3 Å². The lowest BCUT2D eigenvalue weighted by Crippen LogP contribution is -2.29. The highest BCUT2D eigenvalue weighted by molar-refractivity contribution is 5.45. The number of nitrogens with zero attached hydrogens (tertiary/aromatic N) is 2. The van der Waals surface area contributed by atoms with Crippen LogP contribution in [0.5, 0.6) is 0 Å². The number of pyridine rings is 1. The van der Waals surface area contributed by atoms with Gasteiger partial charge < -0.3 is 4.90 Å². The normalized spacial score (nSPS) is 17.5. The maximum Gasteiger partial charge on any atom is 0.214 e. The number of hydrogen-bond donors (Lipinski definition) is 0. The predicted molar refractivity (Wildman–Crippen MR) is 50.3 cm³/mol. The molecule has 2 nitrogen and oxygen atoms in total. The lowest BCUT2D eigenvalue weighted by Gasteiger charge is -2.28. The molecule has 1 aliphatic rings. The first-order valence-electron chi connectivity index (χ1n) is 4.73. The third-order valence-electron chi connectivity index (χ3n) is 2.43. The quantitative estimate of drug-likeness (QED) is 0.616. The maximum absolute atomic E-state index is 12.8. The van der Waals surface area contributed by atoms with Crippen LogP contribution < -0.4 is 4.90 Å². The van der Waals surface area contributed by atoms with E-state index < -0.39 is 0 Å². The highest BCUT2D eigenvalue weighted by Crippen LogP contribution is 2.19. The molecular weight excluding hydrogens is 167 g/mol. The molecule has 1 aromatic rings. The number of aromatic nitrogens is 1. The Labute approximate surface area is 77.4 Å². The van der Waals surface area contributed by atoms with Crippen molar-refractivity contribution < 1.29 is 4.39 Å². The van der Waals surface area contributed by atoms with Crippen LogP contribution >= 0.6 is 0 Å². The molecule has 1 fully saturated rings. The molecule has 0 N–H and O–H groups in total. The lowest BCUT2D eigenvalue weighted by molar-refractivity contribution is 0.564. The molecule has 70 valence electrons. The highest BCUT2D eigenvalue weighted by Gasteiger charge is 2.10. The van der Waals surface area contributed by atoms with Crippen molar-refractivity contribution in [2.24, 2.45) is 0 Å². The van der Waals surface area contributed by atoms with Crippen molar-refractivity contribution in [3.63, 3.8) is 0 Å². The number of rotatable bonds is 1. The highest BCUT2D eigenvalue weighted by atomic mass is 19.1. The molecule has 1 aliphatic heterocycles. The van der Waals surface area contributed by atoms with Crippen LogP contribution in [0.3, 0.4) is 0 Å². The second kappa shape index (κ2) is 3.73. The minimum Gasteiger partial charge on any atom is -0.371 e. The molecule has 2 rings (SSSR count). The molecule has 1 saturated heterocycles. The first kappa shape index (κ1) is 8.48. The molecule has 0 saturated carbocycles. The molecule has 1 aromatic heterocycles. The molecule has 0 radical (unpaired) electrons. The zero-order valence-electron chi connectivity index (χ0n) is 7.54. The summed E-state index contributed by atoms with van der Waals surface area (Å²) in [6, 6.07) is 3.37. The van der Waals surface area contributed by atoms with E-state index in [0.29, 0.717) is 0 Å². The summed E-state index contributed by atoms with van der Waals surface area (Å²) in [6.45, 7) is 2.09. The minimum atomic E-state index is -0.386. The van der Waals surface area contributed by atoms with Crippen LogP contribution in [0.25, 0.3) is 0 Å². The Bertz CT molecular complexity index is 282. The maximum atomic E-state index is 12.8. The minimum absolute atomic E-state index is 0.386. The largest absolute Gasteiger partial charge is 0.371 e. The zero-order chi connectivity index (χ0) is 9.10. The van der Waals surface area contributed by atoms with Crippen molar-refractivity contribution in [1.82, 2.24) is 4.98 Å². The molecule has 0 spiro atoms. The van der Waals surface area contributed by atoms with E-state index in [4.69, 9.17) is 0 Å². The van der Waals surface area contributed by atoms with Gasteiger partial charge in [0.2, 0.25) is 5.95 Å². The summed E-state index contributed by atoms with van der Waals surface area (Å²) < 4.78 is 12.8. The molecule has 0 atom stereocenters. The van der Waals surface area contributed by atoms with Gasteiger partial charge in [-0.25, -0.2) is 4.98 Å². The Hall–Kier alpha value is -1.12. The van der Waals surface area contributed by atoms with E-state index in [-0.39, 0.29) is 5.95 Å². The molecular formula is C10H13FN2. The van der Waals surface area contributed by atoms with Crippen LogP contribution in [0.1, 0.15) is 19.3 Å². The number of anilines is 1. The average Bonchev–Trinajstić information content (AvgIpc) is 2.19. The Balaban J connectivity index is 2.14. The topological polar surface area (TPSA) is 16.1 Å². The first-order chi connectivity index (χ1) is 6.36. The second-order valence-corrected chi connectivity index (χ2v) is 3.38. The molecule has 0 amide bonds. The summed E-state index contributed by atoms with van der Waals surface area (Å²) in [4.78, 5) is 5.76. The van der Waals surface area contributed by atoms with Gasteiger partial charge in [-0.15, -0.1) is 0 Å². The summed E-state index contributed by atoms with van der Waals surface area (Å²) in [5, 5.41) is 0. The van der Waals surface area contributed by atoms with Gasteiger partial charge in [-0.1, -0.05) is 0 Å². The van der Waals surface area contributed by atoms with Crippen LogP contribution in [0.2, 0.25) is 0 Å². The fourth-order valence-corrected chi connectivity index (χ4v) is 1.74. The molecule has 0 unspecified atom stereocenters. The van der Waals surface area contributed by atoms with Crippen molar-refractivity contribution in [3.8, 4) is 0 Å².